The van der Waals surface area contributed by atoms with E-state index in [-0.39, 0.29) is 0 Å². The Morgan fingerprint density at radius 2 is 2.24 bits per heavy atom. The van der Waals surface area contributed by atoms with Crippen LogP contribution in [0.2, 0.25) is 0 Å². The zero-order chi connectivity index (χ0) is 15.5. The highest BCUT2D eigenvalue weighted by atomic mass is 32.2. The lowest BCUT2D eigenvalue weighted by molar-refractivity contribution is -0.00771. The molecule has 21 heavy (non-hydrogen) atoms. The Kier molecular flexibility index (Phi) is 5.43. The summed E-state index contributed by atoms with van der Waals surface area (Å²) < 4.78 is 32.9. The van der Waals surface area contributed by atoms with Gasteiger partial charge in [0.25, 0.3) is 0 Å². The normalized spacial score (nSPS) is 19.8. The van der Waals surface area contributed by atoms with E-state index in [1.807, 2.05) is 19.2 Å². The number of nitrogens with one attached hydrogen (secondary N) is 1. The molecule has 7 heteroatoms. The Bertz CT molecular complexity index is 567. The molecule has 120 valence electrons. The van der Waals surface area contributed by atoms with Crippen LogP contribution < -0.4 is 5.32 Å². The number of sulfonamides is 1. The fraction of sp³-hybridized carbons (Fsp3) is 0.714. The molecule has 0 bridgehead atoms. The highest BCUT2D eigenvalue weighted by Crippen LogP contribution is 2.31. The third kappa shape index (κ3) is 3.65. The molecule has 0 aliphatic carbocycles. The maximum Gasteiger partial charge on any atom is 0.244 e. The van der Waals surface area contributed by atoms with Crippen LogP contribution in [0.15, 0.2) is 16.3 Å². The van der Waals surface area contributed by atoms with E-state index in [4.69, 9.17) is 4.74 Å². The summed E-state index contributed by atoms with van der Waals surface area (Å²) in [6.07, 6.45) is 1.03. The smallest absolute Gasteiger partial charge is 0.244 e. The largest absolute Gasteiger partial charge is 0.378 e. The van der Waals surface area contributed by atoms with Crippen molar-refractivity contribution in [2.75, 3.05) is 26.3 Å². The van der Waals surface area contributed by atoms with E-state index in [1.165, 1.54) is 11.3 Å². The van der Waals surface area contributed by atoms with Crippen molar-refractivity contribution in [3.8, 4) is 0 Å². The van der Waals surface area contributed by atoms with Crippen LogP contribution in [-0.2, 0) is 21.3 Å². The lowest BCUT2D eigenvalue weighted by atomic mass is 10.1. The van der Waals surface area contributed by atoms with Gasteiger partial charge in [0.05, 0.1) is 23.6 Å². The van der Waals surface area contributed by atoms with Gasteiger partial charge >= 0.3 is 0 Å². The Hall–Kier alpha value is -0.470. The second-order valence-corrected chi connectivity index (χ2v) is 8.66. The van der Waals surface area contributed by atoms with E-state index in [2.05, 4.69) is 12.2 Å². The van der Waals surface area contributed by atoms with Gasteiger partial charge in [-0.2, -0.15) is 4.31 Å². The maximum atomic E-state index is 13.0. The Morgan fingerprint density at radius 1 is 1.48 bits per heavy atom. The predicted octanol–water partition coefficient (Wildman–Crippen LogP) is 2.05. The third-order valence-electron chi connectivity index (χ3n) is 3.55. The molecule has 1 saturated heterocycles. The first-order valence-electron chi connectivity index (χ1n) is 7.27. The van der Waals surface area contributed by atoms with Gasteiger partial charge in [-0.25, -0.2) is 8.42 Å². The van der Waals surface area contributed by atoms with Crippen molar-refractivity contribution < 1.29 is 13.2 Å². The summed E-state index contributed by atoms with van der Waals surface area (Å²) in [6.45, 7) is 8.69. The molecule has 0 aromatic carbocycles. The van der Waals surface area contributed by atoms with E-state index < -0.39 is 15.6 Å². The van der Waals surface area contributed by atoms with Crippen LogP contribution in [0.4, 0.5) is 0 Å². The van der Waals surface area contributed by atoms with E-state index in [1.54, 1.807) is 10.4 Å². The number of rotatable bonds is 6. The molecule has 0 saturated carbocycles. The molecule has 1 N–H and O–H groups in total. The Morgan fingerprint density at radius 3 is 2.90 bits per heavy atom. The van der Waals surface area contributed by atoms with E-state index in [0.717, 1.165) is 17.8 Å². The SMILES string of the molecule is CCCNCc1sccc1S(=O)(=O)N1CCOCC1(C)C. The summed E-state index contributed by atoms with van der Waals surface area (Å²) >= 11 is 1.49. The highest BCUT2D eigenvalue weighted by molar-refractivity contribution is 7.89. The molecule has 1 aromatic heterocycles. The van der Waals surface area contributed by atoms with Gasteiger partial charge in [0.2, 0.25) is 10.0 Å². The molecule has 0 radical (unpaired) electrons. The van der Waals surface area contributed by atoms with Crippen molar-refractivity contribution in [2.24, 2.45) is 0 Å². The number of nitrogens with zero attached hydrogens (tertiary/aromatic N) is 1. The average Bonchev–Trinajstić information content (AvgIpc) is 2.87. The van der Waals surface area contributed by atoms with E-state index in [0.29, 0.717) is 31.2 Å². The van der Waals surface area contributed by atoms with Gasteiger partial charge in [0, 0.05) is 18.0 Å². The Labute approximate surface area is 131 Å². The van der Waals surface area contributed by atoms with Gasteiger partial charge in [-0.15, -0.1) is 11.3 Å². The van der Waals surface area contributed by atoms with Crippen molar-refractivity contribution in [1.29, 1.82) is 0 Å². The van der Waals surface area contributed by atoms with Crippen molar-refractivity contribution in [3.63, 3.8) is 0 Å². The van der Waals surface area contributed by atoms with Crippen molar-refractivity contribution >= 4 is 21.4 Å². The molecule has 0 atom stereocenters. The van der Waals surface area contributed by atoms with E-state index >= 15 is 0 Å². The van der Waals surface area contributed by atoms with Crippen LogP contribution in [0.25, 0.3) is 0 Å². The maximum absolute atomic E-state index is 13.0. The first-order chi connectivity index (χ1) is 9.89. The second-order valence-electron chi connectivity index (χ2n) is 5.83. The quantitative estimate of drug-likeness (QED) is 0.810. The van der Waals surface area contributed by atoms with Gasteiger partial charge in [-0.3, -0.25) is 0 Å². The van der Waals surface area contributed by atoms with Crippen LogP contribution in [0.3, 0.4) is 0 Å². The minimum Gasteiger partial charge on any atom is -0.378 e. The zero-order valence-corrected chi connectivity index (χ0v) is 14.5. The minimum atomic E-state index is -3.47. The topological polar surface area (TPSA) is 58.6 Å². The lowest BCUT2D eigenvalue weighted by Crippen LogP contribution is -2.55. The summed E-state index contributed by atoms with van der Waals surface area (Å²) in [7, 11) is -3.47. The summed E-state index contributed by atoms with van der Waals surface area (Å²) in [5.41, 5.74) is -0.507. The van der Waals surface area contributed by atoms with Crippen molar-refractivity contribution in [3.05, 3.63) is 16.3 Å². The van der Waals surface area contributed by atoms with Gasteiger partial charge in [0.15, 0.2) is 0 Å². The van der Waals surface area contributed by atoms with Crippen molar-refractivity contribution in [1.82, 2.24) is 9.62 Å². The third-order valence-corrected chi connectivity index (χ3v) is 6.80. The second kappa shape index (κ2) is 6.75. The summed E-state index contributed by atoms with van der Waals surface area (Å²) in [5, 5.41) is 5.13. The minimum absolute atomic E-state index is 0.410. The first-order valence-corrected chi connectivity index (χ1v) is 9.59. The zero-order valence-electron chi connectivity index (χ0n) is 12.9. The van der Waals surface area contributed by atoms with Crippen LogP contribution >= 0.6 is 11.3 Å². The standard InChI is InChI=1S/C14H24N2O3S2/c1-4-6-15-10-12-13(5-9-20-12)21(17,18)16-7-8-19-11-14(16,2)3/h5,9,15H,4,6-8,10-11H2,1-3H3. The molecule has 1 aliphatic heterocycles. The molecule has 2 heterocycles. The van der Waals surface area contributed by atoms with Gasteiger partial charge in [-0.05, 0) is 38.3 Å². The van der Waals surface area contributed by atoms with E-state index in [9.17, 15) is 8.42 Å². The lowest BCUT2D eigenvalue weighted by Gasteiger charge is -2.40. The molecule has 1 aromatic rings. The molecule has 2 rings (SSSR count). The number of thiophene rings is 1. The first kappa shape index (κ1) is 16.9. The molecule has 5 nitrogen and oxygen atoms in total. The molecule has 1 fully saturated rings. The average molecular weight is 332 g/mol. The van der Waals surface area contributed by atoms with Crippen LogP contribution in [-0.4, -0.2) is 44.6 Å². The van der Waals surface area contributed by atoms with Crippen LogP contribution in [0, 0.1) is 0 Å². The fourth-order valence-corrected chi connectivity index (χ4v) is 5.61. The van der Waals surface area contributed by atoms with Crippen LogP contribution in [0.5, 0.6) is 0 Å². The molecule has 0 amide bonds. The molecule has 1 aliphatic rings. The number of ether oxygens (including phenoxy) is 1. The molecular formula is C14H24N2O3S2. The fourth-order valence-electron chi connectivity index (χ4n) is 2.47. The number of hydrogen-bond donors (Lipinski definition) is 1. The molecule has 0 unspecified atom stereocenters. The number of hydrogen-bond acceptors (Lipinski definition) is 5. The van der Waals surface area contributed by atoms with Gasteiger partial charge in [0.1, 0.15) is 0 Å². The summed E-state index contributed by atoms with van der Waals surface area (Å²) in [4.78, 5) is 1.32. The predicted molar refractivity (Wildman–Crippen MR) is 85.1 cm³/mol. The van der Waals surface area contributed by atoms with Crippen molar-refractivity contribution in [2.45, 2.75) is 44.2 Å². The van der Waals surface area contributed by atoms with Gasteiger partial charge in [-0.1, -0.05) is 6.92 Å². The number of morpholine rings is 1. The van der Waals surface area contributed by atoms with Crippen LogP contribution in [0.1, 0.15) is 32.1 Å². The molecular weight excluding hydrogens is 308 g/mol. The van der Waals surface area contributed by atoms with Gasteiger partial charge < -0.3 is 10.1 Å². The monoisotopic (exact) mass is 332 g/mol. The Balaban J connectivity index is 2.25. The summed E-state index contributed by atoms with van der Waals surface area (Å²) in [5.74, 6) is 0. The highest BCUT2D eigenvalue weighted by Gasteiger charge is 2.40. The summed E-state index contributed by atoms with van der Waals surface area (Å²) in [6, 6.07) is 1.72. The molecule has 0 spiro atoms.